The average molecular weight is 292 g/mol. The van der Waals surface area contributed by atoms with Crippen LogP contribution in [0.4, 0.5) is 0 Å². The molecule has 1 aromatic carbocycles. The van der Waals surface area contributed by atoms with E-state index in [0.29, 0.717) is 0 Å². The molecule has 0 saturated heterocycles. The van der Waals surface area contributed by atoms with Gasteiger partial charge in [-0.2, -0.15) is 8.42 Å². The first-order valence-electron chi connectivity index (χ1n) is 5.89. The number of carbonyl (C=O) groups is 1. The lowest BCUT2D eigenvalue weighted by Gasteiger charge is -2.05. The molecule has 1 aromatic heterocycles. The number of rotatable bonds is 3. The largest absolute Gasteiger partial charge is 0.360 e. The molecule has 1 heterocycles. The molecule has 6 heteroatoms. The van der Waals surface area contributed by atoms with Gasteiger partial charge in [-0.05, 0) is 25.1 Å². The summed E-state index contributed by atoms with van der Waals surface area (Å²) in [5.74, 6) is -0.901. The quantitative estimate of drug-likeness (QED) is 0.633. The van der Waals surface area contributed by atoms with Crippen molar-refractivity contribution >= 4 is 16.1 Å². The minimum absolute atomic E-state index is 0.0447. The van der Waals surface area contributed by atoms with Crippen molar-refractivity contribution in [3.63, 3.8) is 0 Å². The van der Waals surface area contributed by atoms with Crippen LogP contribution in [0.15, 0.2) is 53.7 Å². The third-order valence-corrected chi connectivity index (χ3v) is 3.89. The summed E-state index contributed by atoms with van der Waals surface area (Å²) in [5, 5.41) is 0. The first-order valence-corrected chi connectivity index (χ1v) is 7.30. The maximum atomic E-state index is 12.0. The van der Waals surface area contributed by atoms with Crippen molar-refractivity contribution in [3.8, 4) is 0 Å². The summed E-state index contributed by atoms with van der Waals surface area (Å²) >= 11 is 0. The molecular weight excluding hydrogens is 278 g/mol. The van der Waals surface area contributed by atoms with Gasteiger partial charge in [-0.15, -0.1) is 0 Å². The Morgan fingerprint density at radius 1 is 1.15 bits per heavy atom. The lowest BCUT2D eigenvalue weighted by Crippen LogP contribution is -2.28. The summed E-state index contributed by atoms with van der Waals surface area (Å²) in [5.41, 5.74) is 1.09. The normalized spacial score (nSPS) is 11.1. The zero-order chi connectivity index (χ0) is 14.8. The number of nitrogens with zero attached hydrogens (tertiary/aromatic N) is 1. The molecule has 20 heavy (non-hydrogen) atoms. The molecule has 0 unspecified atom stereocenters. The van der Waals surface area contributed by atoms with Gasteiger partial charge in [-0.25, -0.2) is 9.36 Å². The molecule has 5 nitrogen and oxygen atoms in total. The standard InChI is InChI=1S/C14H14NO4S/c1-11-5-7-13(8-6-11)20(17,18)19-14(16)12-4-3-9-15(2)10-12/h3-10H,1-2H3/q+1. The number of hydrogen-bond donors (Lipinski definition) is 0. The zero-order valence-corrected chi connectivity index (χ0v) is 11.9. The van der Waals surface area contributed by atoms with Crippen molar-refractivity contribution in [2.75, 3.05) is 0 Å². The van der Waals surface area contributed by atoms with E-state index in [0.717, 1.165) is 5.56 Å². The molecule has 2 rings (SSSR count). The van der Waals surface area contributed by atoms with Crippen LogP contribution >= 0.6 is 0 Å². The maximum absolute atomic E-state index is 12.0. The van der Waals surface area contributed by atoms with Crippen molar-refractivity contribution in [2.24, 2.45) is 7.05 Å². The Balaban J connectivity index is 2.24. The molecular formula is C14H14NO4S+. The number of pyridine rings is 1. The molecule has 0 aliphatic heterocycles. The summed E-state index contributed by atoms with van der Waals surface area (Å²) in [6, 6.07) is 9.22. The fourth-order valence-corrected chi connectivity index (χ4v) is 2.47. The lowest BCUT2D eigenvalue weighted by molar-refractivity contribution is -0.671. The molecule has 0 fully saturated rings. The summed E-state index contributed by atoms with van der Waals surface area (Å²) in [6.45, 7) is 1.84. The van der Waals surface area contributed by atoms with Crippen molar-refractivity contribution in [2.45, 2.75) is 11.8 Å². The molecule has 0 saturated carbocycles. The van der Waals surface area contributed by atoms with E-state index < -0.39 is 16.1 Å². The van der Waals surface area contributed by atoms with E-state index in [1.54, 1.807) is 36.0 Å². The minimum atomic E-state index is -4.10. The smallest absolute Gasteiger partial charge is 0.337 e. The monoisotopic (exact) mass is 292 g/mol. The van der Waals surface area contributed by atoms with E-state index in [-0.39, 0.29) is 10.5 Å². The van der Waals surface area contributed by atoms with Crippen LogP contribution < -0.4 is 4.57 Å². The van der Waals surface area contributed by atoms with Gasteiger partial charge in [0.05, 0.1) is 0 Å². The molecule has 0 radical (unpaired) electrons. The lowest BCUT2D eigenvalue weighted by atomic mass is 10.2. The van der Waals surface area contributed by atoms with E-state index in [4.69, 9.17) is 0 Å². The van der Waals surface area contributed by atoms with Gasteiger partial charge < -0.3 is 4.18 Å². The number of aryl methyl sites for hydroxylation is 2. The van der Waals surface area contributed by atoms with Crippen molar-refractivity contribution in [1.29, 1.82) is 0 Å². The van der Waals surface area contributed by atoms with Crippen molar-refractivity contribution in [3.05, 3.63) is 59.9 Å². The van der Waals surface area contributed by atoms with Crippen LogP contribution in [0.5, 0.6) is 0 Å². The van der Waals surface area contributed by atoms with Crippen molar-refractivity contribution in [1.82, 2.24) is 0 Å². The van der Waals surface area contributed by atoms with E-state index in [1.165, 1.54) is 24.4 Å². The molecule has 0 aliphatic rings. The van der Waals surface area contributed by atoms with Gasteiger partial charge in [-0.1, -0.05) is 17.7 Å². The summed E-state index contributed by atoms with van der Waals surface area (Å²) < 4.78 is 30.2. The molecule has 0 spiro atoms. The van der Waals surface area contributed by atoms with Gasteiger partial charge >= 0.3 is 16.1 Å². The predicted molar refractivity (Wildman–Crippen MR) is 71.4 cm³/mol. The highest BCUT2D eigenvalue weighted by atomic mass is 32.2. The Labute approximate surface area is 117 Å². The van der Waals surface area contributed by atoms with Crippen LogP contribution in [-0.4, -0.2) is 14.4 Å². The first-order chi connectivity index (χ1) is 9.38. The van der Waals surface area contributed by atoms with E-state index in [9.17, 15) is 13.2 Å². The summed E-state index contributed by atoms with van der Waals surface area (Å²) in [6.07, 6.45) is 3.22. The zero-order valence-electron chi connectivity index (χ0n) is 11.1. The third kappa shape index (κ3) is 3.21. The minimum Gasteiger partial charge on any atom is -0.337 e. The maximum Gasteiger partial charge on any atom is 0.360 e. The highest BCUT2D eigenvalue weighted by Crippen LogP contribution is 2.14. The Morgan fingerprint density at radius 2 is 1.80 bits per heavy atom. The fraction of sp³-hybridized carbons (Fsp3) is 0.143. The highest BCUT2D eigenvalue weighted by Gasteiger charge is 2.22. The predicted octanol–water partition coefficient (Wildman–Crippen LogP) is 1.37. The van der Waals surface area contributed by atoms with Crippen LogP contribution in [0.1, 0.15) is 15.9 Å². The summed E-state index contributed by atoms with van der Waals surface area (Å²) in [4.78, 5) is 11.8. The highest BCUT2D eigenvalue weighted by molar-refractivity contribution is 7.87. The molecule has 0 N–H and O–H groups in total. The molecule has 0 atom stereocenters. The first kappa shape index (κ1) is 14.2. The second-order valence-electron chi connectivity index (χ2n) is 4.40. The van der Waals surface area contributed by atoms with E-state index in [1.807, 2.05) is 6.92 Å². The van der Waals surface area contributed by atoms with Gasteiger partial charge in [-0.3, -0.25) is 0 Å². The van der Waals surface area contributed by atoms with Crippen LogP contribution in [0.3, 0.4) is 0 Å². The number of hydrogen-bond acceptors (Lipinski definition) is 4. The average Bonchev–Trinajstić information content (AvgIpc) is 2.38. The van der Waals surface area contributed by atoms with Gasteiger partial charge in [0.15, 0.2) is 12.4 Å². The van der Waals surface area contributed by atoms with Gasteiger partial charge in [0.2, 0.25) is 0 Å². The van der Waals surface area contributed by atoms with Gasteiger partial charge in [0, 0.05) is 6.07 Å². The number of benzene rings is 1. The Hall–Kier alpha value is -2.21. The molecule has 104 valence electrons. The second-order valence-corrected chi connectivity index (χ2v) is 5.94. The topological polar surface area (TPSA) is 64.3 Å². The number of aromatic nitrogens is 1. The van der Waals surface area contributed by atoms with Crippen LogP contribution in [0.25, 0.3) is 0 Å². The van der Waals surface area contributed by atoms with Gasteiger partial charge in [0.1, 0.15) is 17.5 Å². The van der Waals surface area contributed by atoms with Gasteiger partial charge in [0.25, 0.3) is 0 Å². The Morgan fingerprint density at radius 3 is 2.40 bits per heavy atom. The van der Waals surface area contributed by atoms with E-state index >= 15 is 0 Å². The number of carbonyl (C=O) groups excluding carboxylic acids is 1. The molecule has 0 bridgehead atoms. The van der Waals surface area contributed by atoms with Crippen molar-refractivity contribution < 1.29 is 22.0 Å². The molecule has 2 aromatic rings. The Bertz CT molecular complexity index is 736. The van der Waals surface area contributed by atoms with Crippen LogP contribution in [0.2, 0.25) is 0 Å². The SMILES string of the molecule is Cc1ccc(S(=O)(=O)OC(=O)c2ccc[n+](C)c2)cc1. The fourth-order valence-electron chi connectivity index (χ4n) is 1.61. The van der Waals surface area contributed by atoms with Crippen LogP contribution in [-0.2, 0) is 21.3 Å². The molecule has 0 aliphatic carbocycles. The van der Waals surface area contributed by atoms with E-state index in [2.05, 4.69) is 4.18 Å². The van der Waals surface area contributed by atoms with Crippen LogP contribution in [0, 0.1) is 6.92 Å². The summed E-state index contributed by atoms with van der Waals surface area (Å²) in [7, 11) is -2.37. The molecule has 0 amide bonds. The Kier molecular flexibility index (Phi) is 3.85. The second kappa shape index (κ2) is 5.42. The third-order valence-electron chi connectivity index (χ3n) is 2.67.